The Bertz CT molecular complexity index is 4280. The van der Waals surface area contributed by atoms with Gasteiger partial charge in [0.2, 0.25) is 0 Å². The van der Waals surface area contributed by atoms with Crippen LogP contribution in [0.15, 0.2) is 253 Å². The molecule has 3 heteroatoms. The molecule has 0 bridgehead atoms. The van der Waals surface area contributed by atoms with E-state index in [9.17, 15) is 0 Å². The molecule has 3 nitrogen and oxygen atoms in total. The predicted octanol–water partition coefficient (Wildman–Crippen LogP) is 19.2. The summed E-state index contributed by atoms with van der Waals surface area (Å²) in [5, 5.41) is 4.83. The first-order valence-electron chi connectivity index (χ1n) is 26.1. The van der Waals surface area contributed by atoms with E-state index in [1.807, 2.05) is 0 Å². The third-order valence-corrected chi connectivity index (χ3v) is 16.2. The lowest BCUT2D eigenvalue weighted by Gasteiger charge is -2.32. The maximum Gasteiger partial charge on any atom is 0.143 e. The molecule has 2 heterocycles. The molecule has 0 saturated heterocycles. The standard InChI is InChI=1S/C71H50N2O/c1-2-3-15-46-26-40-56-55-18-7-11-22-62(55)71(64(56)44-46)63-43-42-60-59-21-10-14-25-68(59)74-70(60)69(63)61-41-39-54(45-65(61)71)72(51-33-27-48(28-34-51)47-16-5-4-6-17-47)52-35-29-49(30-36-52)50-31-37-53(38-32-50)73-66-23-12-8-19-57(66)58-20-9-13-24-67(58)73/h4-14,16-45H,2-3,15H2,1H3. The highest BCUT2D eigenvalue weighted by atomic mass is 16.3. The van der Waals surface area contributed by atoms with Gasteiger partial charge in [0.15, 0.2) is 0 Å². The number of para-hydroxylation sites is 3. The van der Waals surface area contributed by atoms with Crippen LogP contribution >= 0.6 is 0 Å². The van der Waals surface area contributed by atoms with Gasteiger partial charge in [-0.3, -0.25) is 0 Å². The summed E-state index contributed by atoms with van der Waals surface area (Å²) in [5.74, 6) is 0. The van der Waals surface area contributed by atoms with Crippen LogP contribution in [0.3, 0.4) is 0 Å². The van der Waals surface area contributed by atoms with Gasteiger partial charge in [-0.15, -0.1) is 0 Å². The molecule has 0 radical (unpaired) electrons. The zero-order valence-electron chi connectivity index (χ0n) is 41.1. The smallest absolute Gasteiger partial charge is 0.143 e. The lowest BCUT2D eigenvalue weighted by molar-refractivity contribution is 0.669. The van der Waals surface area contributed by atoms with Gasteiger partial charge in [-0.25, -0.2) is 0 Å². The van der Waals surface area contributed by atoms with Crippen LogP contribution in [0.4, 0.5) is 17.1 Å². The SMILES string of the molecule is CCCCc1ccc2c(c1)C1(c3ccccc3-2)c2cc(N(c3ccc(-c4ccccc4)cc3)c3ccc(-c4ccc(-n5c6ccccc6c6ccccc65)cc4)cc3)ccc2-c2c1ccc1c2oc2ccccc21. The molecule has 1 unspecified atom stereocenters. The Morgan fingerprint density at radius 2 is 0.959 bits per heavy atom. The van der Waals surface area contributed by atoms with Crippen LogP contribution in [-0.2, 0) is 11.8 Å². The second-order valence-corrected chi connectivity index (χ2v) is 20.2. The highest BCUT2D eigenvalue weighted by Gasteiger charge is 2.53. The largest absolute Gasteiger partial charge is 0.455 e. The van der Waals surface area contributed by atoms with Crippen LogP contribution in [-0.4, -0.2) is 4.57 Å². The fraction of sp³-hybridized carbons (Fsp3) is 0.0704. The second-order valence-electron chi connectivity index (χ2n) is 20.2. The van der Waals surface area contributed by atoms with Gasteiger partial charge >= 0.3 is 0 Å². The Kier molecular flexibility index (Phi) is 9.59. The molecule has 0 fully saturated rings. The van der Waals surface area contributed by atoms with Crippen molar-refractivity contribution in [2.45, 2.75) is 31.6 Å². The first-order valence-corrected chi connectivity index (χ1v) is 26.1. The van der Waals surface area contributed by atoms with Crippen molar-refractivity contribution in [3.05, 3.63) is 277 Å². The quantitative estimate of drug-likeness (QED) is 0.144. The van der Waals surface area contributed by atoms with Crippen LogP contribution in [0, 0.1) is 0 Å². The molecule has 1 spiro atoms. The van der Waals surface area contributed by atoms with Gasteiger partial charge in [0, 0.05) is 49.9 Å². The van der Waals surface area contributed by atoms with Crippen LogP contribution in [0.5, 0.6) is 0 Å². The number of furan rings is 1. The van der Waals surface area contributed by atoms with Gasteiger partial charge in [0.05, 0.1) is 16.4 Å². The summed E-state index contributed by atoms with van der Waals surface area (Å²) in [7, 11) is 0. The normalized spacial score (nSPS) is 14.2. The monoisotopic (exact) mass is 946 g/mol. The van der Waals surface area contributed by atoms with Crippen molar-refractivity contribution in [3.8, 4) is 50.2 Å². The molecule has 2 aliphatic rings. The van der Waals surface area contributed by atoms with E-state index in [0.717, 1.165) is 69.5 Å². The molecule has 0 amide bonds. The highest BCUT2D eigenvalue weighted by molar-refractivity contribution is 6.13. The number of rotatable bonds is 9. The Morgan fingerprint density at radius 1 is 0.405 bits per heavy atom. The van der Waals surface area contributed by atoms with E-state index >= 15 is 0 Å². The van der Waals surface area contributed by atoms with E-state index in [0.29, 0.717) is 0 Å². The molecule has 350 valence electrons. The lowest BCUT2D eigenvalue weighted by Crippen LogP contribution is -2.26. The number of aryl methyl sites for hydroxylation is 1. The van der Waals surface area contributed by atoms with E-state index < -0.39 is 5.41 Å². The number of hydrogen-bond acceptors (Lipinski definition) is 2. The molecule has 11 aromatic carbocycles. The van der Waals surface area contributed by atoms with E-state index in [4.69, 9.17) is 4.42 Å². The van der Waals surface area contributed by atoms with Gasteiger partial charge < -0.3 is 13.9 Å². The zero-order valence-corrected chi connectivity index (χ0v) is 41.1. The van der Waals surface area contributed by atoms with Crippen LogP contribution in [0.1, 0.15) is 47.6 Å². The topological polar surface area (TPSA) is 21.3 Å². The van der Waals surface area contributed by atoms with Crippen molar-refractivity contribution in [3.63, 3.8) is 0 Å². The minimum absolute atomic E-state index is 0.569. The maximum atomic E-state index is 6.97. The van der Waals surface area contributed by atoms with Crippen molar-refractivity contribution < 1.29 is 4.42 Å². The van der Waals surface area contributed by atoms with Gasteiger partial charge in [-0.2, -0.15) is 0 Å². The summed E-state index contributed by atoms with van der Waals surface area (Å²) in [4.78, 5) is 2.44. The van der Waals surface area contributed by atoms with Crippen molar-refractivity contribution in [2.24, 2.45) is 0 Å². The lowest BCUT2D eigenvalue weighted by atomic mass is 9.70. The number of nitrogens with zero attached hydrogens (tertiary/aromatic N) is 2. The molecular weight excluding hydrogens is 897 g/mol. The second kappa shape index (κ2) is 16.7. The molecule has 15 rings (SSSR count). The fourth-order valence-electron chi connectivity index (χ4n) is 12.8. The Balaban J connectivity index is 0.904. The van der Waals surface area contributed by atoms with Gasteiger partial charge in [0.1, 0.15) is 11.2 Å². The zero-order chi connectivity index (χ0) is 48.9. The van der Waals surface area contributed by atoms with Crippen molar-refractivity contribution in [1.82, 2.24) is 4.57 Å². The average Bonchev–Trinajstić information content (AvgIpc) is 4.34. The van der Waals surface area contributed by atoms with E-state index in [2.05, 4.69) is 265 Å². The number of unbranched alkanes of at least 4 members (excludes halogenated alkanes) is 1. The highest BCUT2D eigenvalue weighted by Crippen LogP contribution is 2.65. The summed E-state index contributed by atoms with van der Waals surface area (Å²) in [6, 6.07) is 92.2. The number of anilines is 3. The molecule has 2 aliphatic carbocycles. The summed E-state index contributed by atoms with van der Waals surface area (Å²) >= 11 is 0. The first kappa shape index (κ1) is 42.5. The first-order chi connectivity index (χ1) is 36.7. The molecule has 0 aliphatic heterocycles. The average molecular weight is 947 g/mol. The molecule has 0 N–H and O–H groups in total. The van der Waals surface area contributed by atoms with Crippen molar-refractivity contribution >= 4 is 60.8 Å². The molecule has 1 atom stereocenters. The number of benzene rings is 11. The third-order valence-electron chi connectivity index (χ3n) is 16.2. The number of fused-ring (bicyclic) bond motifs is 17. The van der Waals surface area contributed by atoms with Gasteiger partial charge in [-0.1, -0.05) is 195 Å². The molecular formula is C71H50N2O. The van der Waals surface area contributed by atoms with E-state index in [1.165, 1.54) is 88.6 Å². The third kappa shape index (κ3) is 6.26. The van der Waals surface area contributed by atoms with Crippen LogP contribution in [0.2, 0.25) is 0 Å². The van der Waals surface area contributed by atoms with E-state index in [-0.39, 0.29) is 0 Å². The molecule has 13 aromatic rings. The Hall–Kier alpha value is -9.18. The minimum Gasteiger partial charge on any atom is -0.455 e. The Labute approximate surface area is 430 Å². The summed E-state index contributed by atoms with van der Waals surface area (Å²) in [6.07, 6.45) is 3.36. The van der Waals surface area contributed by atoms with Crippen molar-refractivity contribution in [1.29, 1.82) is 0 Å². The molecule has 2 aromatic heterocycles. The summed E-state index contributed by atoms with van der Waals surface area (Å²) in [5.41, 5.74) is 24.5. The minimum atomic E-state index is -0.569. The van der Waals surface area contributed by atoms with Crippen molar-refractivity contribution in [2.75, 3.05) is 4.90 Å². The Morgan fingerprint density at radius 3 is 1.66 bits per heavy atom. The number of hydrogen-bond donors (Lipinski definition) is 0. The van der Waals surface area contributed by atoms with E-state index in [1.54, 1.807) is 0 Å². The maximum absolute atomic E-state index is 6.97. The van der Waals surface area contributed by atoms with Gasteiger partial charge in [0.25, 0.3) is 0 Å². The summed E-state index contributed by atoms with van der Waals surface area (Å²) in [6.45, 7) is 2.29. The van der Waals surface area contributed by atoms with Crippen LogP contribution in [0.25, 0.3) is 93.9 Å². The molecule has 74 heavy (non-hydrogen) atoms. The molecule has 0 saturated carbocycles. The van der Waals surface area contributed by atoms with Crippen LogP contribution < -0.4 is 4.90 Å². The van der Waals surface area contributed by atoms with Gasteiger partial charge in [-0.05, 0) is 146 Å². The number of aromatic nitrogens is 1. The predicted molar refractivity (Wildman–Crippen MR) is 309 cm³/mol. The summed E-state index contributed by atoms with van der Waals surface area (Å²) < 4.78 is 9.35. The fourth-order valence-corrected chi connectivity index (χ4v) is 12.8.